The Morgan fingerprint density at radius 2 is 1.90 bits per heavy atom. The highest BCUT2D eigenvalue weighted by atomic mass is 32.2. The Hall–Kier alpha value is -1.44. The second-order valence-electron chi connectivity index (χ2n) is 5.47. The van der Waals surface area contributed by atoms with Crippen LogP contribution >= 0.6 is 0 Å². The number of carbonyl (C=O) groups is 1. The summed E-state index contributed by atoms with van der Waals surface area (Å²) in [5.74, 6) is -0.182. The fourth-order valence-electron chi connectivity index (χ4n) is 2.41. The predicted molar refractivity (Wildman–Crippen MR) is 81.6 cm³/mol. The van der Waals surface area contributed by atoms with Gasteiger partial charge in [0.25, 0.3) is 0 Å². The highest BCUT2D eigenvalue weighted by molar-refractivity contribution is 7.89. The highest BCUT2D eigenvalue weighted by Crippen LogP contribution is 2.23. The van der Waals surface area contributed by atoms with Crippen LogP contribution in [0.25, 0.3) is 0 Å². The second kappa shape index (κ2) is 6.13. The van der Waals surface area contributed by atoms with Gasteiger partial charge >= 0.3 is 0 Å². The van der Waals surface area contributed by atoms with E-state index in [4.69, 9.17) is 0 Å². The minimum atomic E-state index is -3.46. The average Bonchev–Trinajstić information content (AvgIpc) is 2.89. The molecule has 1 amide bonds. The van der Waals surface area contributed by atoms with Crippen LogP contribution in [-0.2, 0) is 14.8 Å². The minimum absolute atomic E-state index is 0.182. The summed E-state index contributed by atoms with van der Waals surface area (Å²) in [4.78, 5) is 13.3. The molecule has 0 bridgehead atoms. The topological polar surface area (TPSA) is 69.7 Å². The molecule has 1 fully saturated rings. The van der Waals surface area contributed by atoms with Gasteiger partial charge in [0.05, 0.1) is 4.90 Å². The summed E-state index contributed by atoms with van der Waals surface area (Å²) in [6.07, 6.45) is 0.843. The number of hydrogen-bond acceptors (Lipinski definition) is 4. The summed E-state index contributed by atoms with van der Waals surface area (Å²) < 4.78 is 26.6. The van der Waals surface area contributed by atoms with Gasteiger partial charge in [0.2, 0.25) is 15.9 Å². The number of nitrogens with one attached hydrogen (secondary N) is 1. The number of likely N-dealkylation sites (N-methyl/N-ethyl adjacent to an activating group) is 1. The molecule has 1 aliphatic heterocycles. The number of sulfonamides is 1. The summed E-state index contributed by atoms with van der Waals surface area (Å²) in [5, 5.41) is 2.62. The second-order valence-corrected chi connectivity index (χ2v) is 7.41. The predicted octanol–water partition coefficient (Wildman–Crippen LogP) is 0.970. The molecule has 1 aromatic carbocycles. The van der Waals surface area contributed by atoms with Crippen molar-refractivity contribution in [3.8, 4) is 0 Å². The minimum Gasteiger partial charge on any atom is -0.326 e. The molecule has 1 saturated heterocycles. The van der Waals surface area contributed by atoms with Crippen LogP contribution in [0.2, 0.25) is 0 Å². The summed E-state index contributed by atoms with van der Waals surface area (Å²) in [7, 11) is 0.466. The molecule has 0 saturated carbocycles. The number of rotatable bonds is 4. The first-order valence-corrected chi connectivity index (χ1v) is 8.29. The van der Waals surface area contributed by atoms with Crippen molar-refractivity contribution >= 4 is 21.6 Å². The molecule has 0 aromatic heterocycles. The number of amides is 1. The van der Waals surface area contributed by atoms with E-state index >= 15 is 0 Å². The Labute approximate surface area is 125 Å². The fourth-order valence-corrected chi connectivity index (χ4v) is 3.91. The molecule has 116 valence electrons. The SMILES string of the molecule is CC(=O)Nc1ccc(S(=O)(=O)N2CCC(N(C)C)C2)cc1. The first kappa shape index (κ1) is 15.9. The Morgan fingerprint density at radius 3 is 2.38 bits per heavy atom. The van der Waals surface area contributed by atoms with Gasteiger partial charge in [-0.2, -0.15) is 4.31 Å². The number of carbonyl (C=O) groups excluding carboxylic acids is 1. The van der Waals surface area contributed by atoms with Crippen molar-refractivity contribution in [1.29, 1.82) is 0 Å². The molecular formula is C14H21N3O3S. The molecule has 2 rings (SSSR count). The largest absolute Gasteiger partial charge is 0.326 e. The van der Waals surface area contributed by atoms with Crippen molar-refractivity contribution in [2.24, 2.45) is 0 Å². The van der Waals surface area contributed by atoms with Crippen LogP contribution < -0.4 is 5.32 Å². The molecule has 1 aliphatic rings. The van der Waals surface area contributed by atoms with Gasteiger partial charge in [-0.1, -0.05) is 0 Å². The van der Waals surface area contributed by atoms with Crippen LogP contribution in [0.5, 0.6) is 0 Å². The van der Waals surface area contributed by atoms with Crippen LogP contribution in [0.1, 0.15) is 13.3 Å². The fraction of sp³-hybridized carbons (Fsp3) is 0.500. The standard InChI is InChI=1S/C14H21N3O3S/c1-11(18)15-12-4-6-14(7-5-12)21(19,20)17-9-8-13(10-17)16(2)3/h4-7,13H,8-10H2,1-3H3,(H,15,18). The van der Waals surface area contributed by atoms with Crippen LogP contribution in [-0.4, -0.2) is 56.8 Å². The molecule has 0 aliphatic carbocycles. The van der Waals surface area contributed by atoms with E-state index in [1.807, 2.05) is 14.1 Å². The summed E-state index contributed by atoms with van der Waals surface area (Å²) in [5.41, 5.74) is 0.592. The molecule has 7 heteroatoms. The smallest absolute Gasteiger partial charge is 0.243 e. The lowest BCUT2D eigenvalue weighted by molar-refractivity contribution is -0.114. The Morgan fingerprint density at radius 1 is 1.29 bits per heavy atom. The third-order valence-corrected chi connectivity index (χ3v) is 5.55. The molecule has 1 atom stereocenters. The zero-order valence-electron chi connectivity index (χ0n) is 12.5. The van der Waals surface area contributed by atoms with E-state index in [-0.39, 0.29) is 16.8 Å². The summed E-state index contributed by atoms with van der Waals surface area (Å²) in [6, 6.07) is 6.54. The van der Waals surface area contributed by atoms with E-state index in [1.54, 1.807) is 12.1 Å². The molecular weight excluding hydrogens is 290 g/mol. The molecule has 0 spiro atoms. The van der Waals surface area contributed by atoms with E-state index in [0.717, 1.165) is 6.42 Å². The maximum Gasteiger partial charge on any atom is 0.243 e. The van der Waals surface area contributed by atoms with Crippen LogP contribution in [0.4, 0.5) is 5.69 Å². The maximum absolute atomic E-state index is 12.6. The van der Waals surface area contributed by atoms with E-state index in [0.29, 0.717) is 18.8 Å². The van der Waals surface area contributed by atoms with Gasteiger partial charge in [0.1, 0.15) is 0 Å². The van der Waals surface area contributed by atoms with Gasteiger partial charge in [0.15, 0.2) is 0 Å². The highest BCUT2D eigenvalue weighted by Gasteiger charge is 2.33. The van der Waals surface area contributed by atoms with Gasteiger partial charge < -0.3 is 10.2 Å². The third kappa shape index (κ3) is 3.61. The zero-order chi connectivity index (χ0) is 15.6. The molecule has 0 radical (unpaired) electrons. The first-order valence-electron chi connectivity index (χ1n) is 6.85. The zero-order valence-corrected chi connectivity index (χ0v) is 13.4. The lowest BCUT2D eigenvalue weighted by atomic mass is 10.2. The molecule has 6 nitrogen and oxygen atoms in total. The lowest BCUT2D eigenvalue weighted by Gasteiger charge is -2.20. The summed E-state index contributed by atoms with van der Waals surface area (Å²) >= 11 is 0. The van der Waals surface area contributed by atoms with Crippen molar-refractivity contribution in [1.82, 2.24) is 9.21 Å². The van der Waals surface area contributed by atoms with Gasteiger partial charge in [-0.05, 0) is 44.8 Å². The Balaban J connectivity index is 2.15. The molecule has 21 heavy (non-hydrogen) atoms. The lowest BCUT2D eigenvalue weighted by Crippen LogP contribution is -2.34. The van der Waals surface area contributed by atoms with Crippen molar-refractivity contribution in [3.63, 3.8) is 0 Å². The third-order valence-electron chi connectivity index (χ3n) is 3.67. The maximum atomic E-state index is 12.6. The van der Waals surface area contributed by atoms with Crippen LogP contribution in [0.3, 0.4) is 0 Å². The molecule has 1 unspecified atom stereocenters. The van der Waals surface area contributed by atoms with E-state index in [9.17, 15) is 13.2 Å². The number of benzene rings is 1. The van der Waals surface area contributed by atoms with E-state index < -0.39 is 10.0 Å². The van der Waals surface area contributed by atoms with Gasteiger partial charge in [0, 0.05) is 31.7 Å². The quantitative estimate of drug-likeness (QED) is 0.899. The number of nitrogens with zero attached hydrogens (tertiary/aromatic N) is 2. The number of anilines is 1. The normalized spacial score (nSPS) is 19.9. The van der Waals surface area contributed by atoms with E-state index in [1.165, 1.54) is 23.4 Å². The van der Waals surface area contributed by atoms with Crippen molar-refractivity contribution in [3.05, 3.63) is 24.3 Å². The van der Waals surface area contributed by atoms with Crippen molar-refractivity contribution in [2.75, 3.05) is 32.5 Å². The number of hydrogen-bond donors (Lipinski definition) is 1. The Kier molecular flexibility index (Phi) is 4.65. The van der Waals surface area contributed by atoms with Crippen molar-refractivity contribution in [2.45, 2.75) is 24.3 Å². The van der Waals surface area contributed by atoms with E-state index in [2.05, 4.69) is 10.2 Å². The summed E-state index contributed by atoms with van der Waals surface area (Å²) in [6.45, 7) is 2.47. The van der Waals surface area contributed by atoms with Gasteiger partial charge in [-0.3, -0.25) is 4.79 Å². The monoisotopic (exact) mass is 311 g/mol. The average molecular weight is 311 g/mol. The first-order chi connectivity index (χ1) is 9.80. The van der Waals surface area contributed by atoms with Crippen LogP contribution in [0.15, 0.2) is 29.2 Å². The van der Waals surface area contributed by atoms with Gasteiger partial charge in [-0.25, -0.2) is 8.42 Å². The van der Waals surface area contributed by atoms with Crippen LogP contribution in [0, 0.1) is 0 Å². The van der Waals surface area contributed by atoms with Gasteiger partial charge in [-0.15, -0.1) is 0 Å². The molecule has 1 heterocycles. The molecule has 1 N–H and O–H groups in total. The molecule has 1 aromatic rings. The van der Waals surface area contributed by atoms with Crippen molar-refractivity contribution < 1.29 is 13.2 Å². The Bertz CT molecular complexity index is 611.